The molecule has 2 aromatic carbocycles. The van der Waals surface area contributed by atoms with Crippen molar-refractivity contribution in [1.29, 1.82) is 0 Å². The molecule has 1 heterocycles. The average Bonchev–Trinajstić information content (AvgIpc) is 2.79. The summed E-state index contributed by atoms with van der Waals surface area (Å²) in [5.74, 6) is 1.08. The number of hydrogen-bond acceptors (Lipinski definition) is 4. The molecule has 31 heavy (non-hydrogen) atoms. The monoisotopic (exact) mass is 541 g/mol. The highest BCUT2D eigenvalue weighted by Gasteiger charge is 2.21. The molecule has 7 nitrogen and oxygen atoms in total. The number of piperazine rings is 1. The summed E-state index contributed by atoms with van der Waals surface area (Å²) in [5.41, 5.74) is 1.20. The third-order valence-electron chi connectivity index (χ3n) is 5.01. The Balaban J connectivity index is 0.00000341. The van der Waals surface area contributed by atoms with Crippen molar-refractivity contribution in [1.82, 2.24) is 15.5 Å². The SMILES string of the molecule is CN=C(NCCNC(=O)c1cccc(OC)c1)N1CCN(c2ccccc2F)CC1.I. The maximum atomic E-state index is 14.0. The Kier molecular flexibility index (Phi) is 9.83. The molecule has 1 saturated heterocycles. The molecule has 1 aliphatic heterocycles. The highest BCUT2D eigenvalue weighted by Crippen LogP contribution is 2.20. The number of guanidine groups is 1. The average molecular weight is 541 g/mol. The minimum absolute atomic E-state index is 0. The molecule has 0 atom stereocenters. The van der Waals surface area contributed by atoms with E-state index < -0.39 is 0 Å². The predicted molar refractivity (Wildman–Crippen MR) is 132 cm³/mol. The van der Waals surface area contributed by atoms with Crippen LogP contribution < -0.4 is 20.3 Å². The zero-order valence-electron chi connectivity index (χ0n) is 17.8. The van der Waals surface area contributed by atoms with Crippen molar-refractivity contribution in [3.8, 4) is 5.75 Å². The van der Waals surface area contributed by atoms with Crippen LogP contribution in [0.2, 0.25) is 0 Å². The van der Waals surface area contributed by atoms with E-state index in [9.17, 15) is 9.18 Å². The molecule has 0 radical (unpaired) electrons. The smallest absolute Gasteiger partial charge is 0.251 e. The zero-order valence-corrected chi connectivity index (χ0v) is 20.1. The van der Waals surface area contributed by atoms with Gasteiger partial charge in [0.2, 0.25) is 0 Å². The minimum Gasteiger partial charge on any atom is -0.497 e. The molecule has 168 valence electrons. The topological polar surface area (TPSA) is 69.2 Å². The molecule has 0 aromatic heterocycles. The van der Waals surface area contributed by atoms with Crippen LogP contribution in [0.3, 0.4) is 0 Å². The van der Waals surface area contributed by atoms with Crippen LogP contribution in [0.5, 0.6) is 5.75 Å². The van der Waals surface area contributed by atoms with Crippen molar-refractivity contribution in [2.75, 3.05) is 58.3 Å². The summed E-state index contributed by atoms with van der Waals surface area (Å²) in [5, 5.41) is 6.17. The highest BCUT2D eigenvalue weighted by atomic mass is 127. The van der Waals surface area contributed by atoms with Crippen LogP contribution in [0.25, 0.3) is 0 Å². The lowest BCUT2D eigenvalue weighted by molar-refractivity contribution is 0.0954. The van der Waals surface area contributed by atoms with Gasteiger partial charge in [0.05, 0.1) is 12.8 Å². The van der Waals surface area contributed by atoms with Gasteiger partial charge in [-0.25, -0.2) is 4.39 Å². The van der Waals surface area contributed by atoms with Crippen molar-refractivity contribution < 1.29 is 13.9 Å². The van der Waals surface area contributed by atoms with Crippen molar-refractivity contribution in [2.24, 2.45) is 4.99 Å². The zero-order chi connectivity index (χ0) is 21.3. The van der Waals surface area contributed by atoms with E-state index in [1.54, 1.807) is 44.5 Å². The van der Waals surface area contributed by atoms with Crippen molar-refractivity contribution in [3.05, 3.63) is 59.9 Å². The van der Waals surface area contributed by atoms with Crippen molar-refractivity contribution >= 4 is 41.5 Å². The fraction of sp³-hybridized carbons (Fsp3) is 0.364. The van der Waals surface area contributed by atoms with E-state index in [1.165, 1.54) is 6.07 Å². The summed E-state index contributed by atoms with van der Waals surface area (Å²) in [6.45, 7) is 3.93. The molecule has 0 spiro atoms. The quantitative estimate of drug-likeness (QED) is 0.255. The van der Waals surface area contributed by atoms with E-state index >= 15 is 0 Å². The largest absolute Gasteiger partial charge is 0.497 e. The van der Waals surface area contributed by atoms with Crippen molar-refractivity contribution in [3.63, 3.8) is 0 Å². The fourth-order valence-electron chi connectivity index (χ4n) is 3.42. The number of carbonyl (C=O) groups excluding carboxylic acids is 1. The van der Waals surface area contributed by atoms with Gasteiger partial charge < -0.3 is 25.2 Å². The number of aliphatic imine (C=N–C) groups is 1. The second-order valence-electron chi connectivity index (χ2n) is 6.89. The number of amides is 1. The highest BCUT2D eigenvalue weighted by molar-refractivity contribution is 14.0. The maximum Gasteiger partial charge on any atom is 0.251 e. The van der Waals surface area contributed by atoms with Gasteiger partial charge in [-0.2, -0.15) is 0 Å². The summed E-state index contributed by atoms with van der Waals surface area (Å²) in [7, 11) is 3.31. The number of ether oxygens (including phenoxy) is 1. The Labute approximate surface area is 199 Å². The van der Waals surface area contributed by atoms with Gasteiger partial charge in [0, 0.05) is 51.9 Å². The minimum atomic E-state index is -0.194. The van der Waals surface area contributed by atoms with Crippen LogP contribution in [0.15, 0.2) is 53.5 Å². The van der Waals surface area contributed by atoms with Gasteiger partial charge in [0.15, 0.2) is 5.96 Å². The number of halogens is 2. The molecule has 1 amide bonds. The van der Waals surface area contributed by atoms with Crippen LogP contribution >= 0.6 is 24.0 Å². The van der Waals surface area contributed by atoms with Gasteiger partial charge in [0.25, 0.3) is 5.91 Å². The van der Waals surface area contributed by atoms with Gasteiger partial charge >= 0.3 is 0 Å². The Bertz CT molecular complexity index is 888. The molecule has 0 aliphatic carbocycles. The van der Waals surface area contributed by atoms with Crippen LogP contribution in [0, 0.1) is 5.82 Å². The first kappa shape index (κ1) is 24.7. The second-order valence-corrected chi connectivity index (χ2v) is 6.89. The molecule has 9 heteroatoms. The summed E-state index contributed by atoms with van der Waals surface area (Å²) in [6.07, 6.45) is 0. The number of methoxy groups -OCH3 is 1. The normalized spacial score (nSPS) is 14.0. The van der Waals surface area contributed by atoms with E-state index in [0.717, 1.165) is 19.0 Å². The standard InChI is InChI=1S/C22H28FN5O2.HI/c1-24-22(26-11-10-25-21(29)17-6-5-7-18(16-17)30-2)28-14-12-27(13-15-28)20-9-4-3-8-19(20)23;/h3-9,16H,10-15H2,1-2H3,(H,24,26)(H,25,29);1H. The summed E-state index contributed by atoms with van der Waals surface area (Å²) in [4.78, 5) is 20.8. The first-order valence-electron chi connectivity index (χ1n) is 9.99. The summed E-state index contributed by atoms with van der Waals surface area (Å²) in [6, 6.07) is 13.9. The number of nitrogens with one attached hydrogen (secondary N) is 2. The Morgan fingerprint density at radius 3 is 2.45 bits per heavy atom. The van der Waals surface area contributed by atoms with Crippen LogP contribution in [-0.2, 0) is 0 Å². The summed E-state index contributed by atoms with van der Waals surface area (Å²) < 4.78 is 19.1. The van der Waals surface area contributed by atoms with Gasteiger partial charge in [0.1, 0.15) is 11.6 Å². The Hall–Kier alpha value is -2.56. The molecule has 2 N–H and O–H groups in total. The lowest BCUT2D eigenvalue weighted by Gasteiger charge is -2.37. The Morgan fingerprint density at radius 2 is 1.77 bits per heavy atom. The van der Waals surface area contributed by atoms with Crippen molar-refractivity contribution in [2.45, 2.75) is 0 Å². The molecule has 2 aromatic rings. The van der Waals surface area contributed by atoms with E-state index in [4.69, 9.17) is 4.74 Å². The maximum absolute atomic E-state index is 14.0. The number of rotatable bonds is 6. The summed E-state index contributed by atoms with van der Waals surface area (Å²) >= 11 is 0. The number of hydrogen-bond donors (Lipinski definition) is 2. The molecular formula is C22H29FIN5O2. The molecule has 0 bridgehead atoms. The van der Waals surface area contributed by atoms with E-state index in [-0.39, 0.29) is 35.7 Å². The Morgan fingerprint density at radius 1 is 1.06 bits per heavy atom. The second kappa shape index (κ2) is 12.3. The van der Waals surface area contributed by atoms with Gasteiger partial charge in [-0.3, -0.25) is 9.79 Å². The van der Waals surface area contributed by atoms with E-state index in [1.807, 2.05) is 17.0 Å². The van der Waals surface area contributed by atoms with E-state index in [0.29, 0.717) is 43.2 Å². The van der Waals surface area contributed by atoms with E-state index in [2.05, 4.69) is 20.5 Å². The van der Waals surface area contributed by atoms with Crippen LogP contribution in [0.4, 0.5) is 10.1 Å². The number of carbonyl (C=O) groups is 1. The molecule has 0 unspecified atom stereocenters. The molecule has 1 fully saturated rings. The number of nitrogens with zero attached hydrogens (tertiary/aromatic N) is 3. The molecule has 1 aliphatic rings. The lowest BCUT2D eigenvalue weighted by Crippen LogP contribution is -2.53. The number of para-hydroxylation sites is 1. The first-order valence-corrected chi connectivity index (χ1v) is 9.99. The van der Waals surface area contributed by atoms with Gasteiger partial charge in [-0.1, -0.05) is 18.2 Å². The number of benzene rings is 2. The molecular weight excluding hydrogens is 512 g/mol. The third-order valence-corrected chi connectivity index (χ3v) is 5.01. The van der Waals surface area contributed by atoms with Gasteiger partial charge in [-0.15, -0.1) is 24.0 Å². The predicted octanol–water partition coefficient (Wildman–Crippen LogP) is 2.58. The molecule has 3 rings (SSSR count). The molecule has 0 saturated carbocycles. The van der Waals surface area contributed by atoms with Crippen LogP contribution in [0.1, 0.15) is 10.4 Å². The van der Waals surface area contributed by atoms with Gasteiger partial charge in [-0.05, 0) is 30.3 Å². The lowest BCUT2D eigenvalue weighted by atomic mass is 10.2. The first-order chi connectivity index (χ1) is 14.6. The third kappa shape index (κ3) is 6.71. The fourth-order valence-corrected chi connectivity index (χ4v) is 3.42. The van der Waals surface area contributed by atoms with Crippen LogP contribution in [-0.4, -0.2) is 70.2 Å². The number of anilines is 1.